The van der Waals surface area contributed by atoms with Gasteiger partial charge in [0.2, 0.25) is 11.9 Å². The van der Waals surface area contributed by atoms with Crippen molar-refractivity contribution < 1.29 is 13.9 Å². The van der Waals surface area contributed by atoms with Crippen molar-refractivity contribution >= 4 is 33.4 Å². The maximum atomic E-state index is 13.4. The van der Waals surface area contributed by atoms with E-state index < -0.39 is 0 Å². The quantitative estimate of drug-likeness (QED) is 0.469. The molecule has 1 aromatic carbocycles. The summed E-state index contributed by atoms with van der Waals surface area (Å²) in [6.45, 7) is 1.65. The smallest absolute Gasteiger partial charge is 0.277 e. The lowest BCUT2D eigenvalue weighted by atomic mass is 9.96. The first-order chi connectivity index (χ1) is 16.1. The van der Waals surface area contributed by atoms with Crippen LogP contribution in [0.4, 0.5) is 5.95 Å². The molecule has 0 unspecified atom stereocenters. The number of nitrogens with one attached hydrogen (secondary N) is 1. The van der Waals surface area contributed by atoms with Gasteiger partial charge < -0.3 is 19.4 Å². The highest BCUT2D eigenvalue weighted by molar-refractivity contribution is 7.17. The van der Waals surface area contributed by atoms with E-state index in [2.05, 4.69) is 10.2 Å². The molecule has 3 aromatic heterocycles. The minimum atomic E-state index is -0.100. The summed E-state index contributed by atoms with van der Waals surface area (Å²) in [6, 6.07) is 12.9. The molecule has 5 rings (SSSR count). The third kappa shape index (κ3) is 4.23. The molecule has 0 spiro atoms. The number of rotatable bonds is 6. The molecular formula is C24H24N4O4S. The number of piperidine rings is 1. The highest BCUT2D eigenvalue weighted by Crippen LogP contribution is 2.27. The zero-order valence-corrected chi connectivity index (χ0v) is 19.0. The first-order valence-electron chi connectivity index (χ1n) is 10.8. The van der Waals surface area contributed by atoms with Crippen LogP contribution in [0.2, 0.25) is 0 Å². The fourth-order valence-corrected chi connectivity index (χ4v) is 4.93. The van der Waals surface area contributed by atoms with Gasteiger partial charge in [-0.05, 0) is 48.6 Å². The van der Waals surface area contributed by atoms with E-state index in [9.17, 15) is 9.59 Å². The van der Waals surface area contributed by atoms with Crippen LogP contribution in [0.3, 0.4) is 0 Å². The van der Waals surface area contributed by atoms with Gasteiger partial charge in [-0.25, -0.2) is 9.55 Å². The predicted molar refractivity (Wildman–Crippen MR) is 127 cm³/mol. The van der Waals surface area contributed by atoms with Gasteiger partial charge in [-0.3, -0.25) is 9.59 Å². The Morgan fingerprint density at radius 2 is 2.09 bits per heavy atom. The van der Waals surface area contributed by atoms with Gasteiger partial charge in [0.1, 0.15) is 16.2 Å². The van der Waals surface area contributed by atoms with Gasteiger partial charge in [-0.1, -0.05) is 6.07 Å². The number of ether oxygens (including phenoxy) is 1. The Morgan fingerprint density at radius 3 is 2.85 bits per heavy atom. The summed E-state index contributed by atoms with van der Waals surface area (Å²) in [7, 11) is 1.60. The highest BCUT2D eigenvalue weighted by atomic mass is 32.1. The van der Waals surface area contributed by atoms with E-state index in [1.165, 1.54) is 11.3 Å². The number of nitrogens with zero attached hydrogens (tertiary/aromatic N) is 3. The summed E-state index contributed by atoms with van der Waals surface area (Å²) in [5.41, 5.74) is 1.30. The van der Waals surface area contributed by atoms with Crippen LogP contribution in [0.5, 0.6) is 5.75 Å². The monoisotopic (exact) mass is 464 g/mol. The minimum Gasteiger partial charge on any atom is -0.497 e. The number of hydrogen-bond donors (Lipinski definition) is 1. The van der Waals surface area contributed by atoms with Crippen molar-refractivity contribution in [1.29, 1.82) is 0 Å². The Hall–Kier alpha value is -3.59. The highest BCUT2D eigenvalue weighted by Gasteiger charge is 2.28. The third-order valence-corrected chi connectivity index (χ3v) is 6.83. The number of hydrogen-bond acceptors (Lipinski definition) is 7. The summed E-state index contributed by atoms with van der Waals surface area (Å²) in [5, 5.41) is 4.84. The Morgan fingerprint density at radius 1 is 1.24 bits per heavy atom. The van der Waals surface area contributed by atoms with Crippen LogP contribution in [-0.2, 0) is 11.3 Å². The molecule has 1 aliphatic rings. The van der Waals surface area contributed by atoms with Crippen LogP contribution in [0, 0.1) is 5.92 Å². The van der Waals surface area contributed by atoms with E-state index >= 15 is 0 Å². The lowest BCUT2D eigenvalue weighted by Gasteiger charge is -2.33. The van der Waals surface area contributed by atoms with Gasteiger partial charge in [0.15, 0.2) is 0 Å². The topological polar surface area (TPSA) is 89.6 Å². The molecule has 33 heavy (non-hydrogen) atoms. The number of fused-ring (bicyclic) bond motifs is 1. The molecule has 4 aromatic rings. The molecule has 9 heteroatoms. The van der Waals surface area contributed by atoms with Crippen molar-refractivity contribution in [2.45, 2.75) is 19.4 Å². The van der Waals surface area contributed by atoms with Crippen molar-refractivity contribution in [3.8, 4) is 11.4 Å². The maximum absolute atomic E-state index is 13.4. The second kappa shape index (κ2) is 9.11. The molecule has 170 valence electrons. The minimum absolute atomic E-state index is 0.0254. The van der Waals surface area contributed by atoms with Crippen molar-refractivity contribution in [2.75, 3.05) is 25.1 Å². The van der Waals surface area contributed by atoms with Gasteiger partial charge in [0.25, 0.3) is 5.56 Å². The summed E-state index contributed by atoms with van der Waals surface area (Å²) in [4.78, 5) is 33.0. The van der Waals surface area contributed by atoms with E-state index in [0.717, 1.165) is 5.76 Å². The van der Waals surface area contributed by atoms with Crippen LogP contribution in [0.25, 0.3) is 15.9 Å². The number of carbonyl (C=O) groups excluding carboxylic acids is 1. The normalized spacial score (nSPS) is 14.5. The summed E-state index contributed by atoms with van der Waals surface area (Å²) >= 11 is 1.39. The number of methoxy groups -OCH3 is 1. The Labute approximate surface area is 194 Å². The number of amides is 1. The largest absolute Gasteiger partial charge is 0.497 e. The third-order valence-electron chi connectivity index (χ3n) is 5.94. The predicted octanol–water partition coefficient (Wildman–Crippen LogP) is 3.58. The SMILES string of the molecule is COc1cccc(-n2c(N3CCC(C(=O)NCc4ccco4)CC3)nc3ccsc3c2=O)c1. The van der Waals surface area contributed by atoms with Gasteiger partial charge >= 0.3 is 0 Å². The standard InChI is InChI=1S/C24H24N4O4S/c1-31-18-5-2-4-17(14-18)28-23(30)21-20(9-13-33-21)26-24(28)27-10-7-16(8-11-27)22(29)25-15-19-6-3-12-32-19/h2-6,9,12-14,16H,7-8,10-11,15H2,1H3,(H,25,29). The number of aromatic nitrogens is 2. The van der Waals surface area contributed by atoms with Crippen LogP contribution in [-0.4, -0.2) is 35.7 Å². The first-order valence-corrected chi connectivity index (χ1v) is 11.7. The number of carbonyl (C=O) groups is 1. The summed E-state index contributed by atoms with van der Waals surface area (Å²) in [5.74, 6) is 1.93. The number of thiophene rings is 1. The Bertz CT molecular complexity index is 1320. The molecular weight excluding hydrogens is 440 g/mol. The molecule has 8 nitrogen and oxygen atoms in total. The molecule has 1 saturated heterocycles. The number of benzene rings is 1. The van der Waals surface area contributed by atoms with Crippen LogP contribution >= 0.6 is 11.3 Å². The second-order valence-electron chi connectivity index (χ2n) is 7.95. The van der Waals surface area contributed by atoms with Crippen molar-refractivity contribution in [2.24, 2.45) is 5.92 Å². The summed E-state index contributed by atoms with van der Waals surface area (Å²) in [6.07, 6.45) is 2.96. The van der Waals surface area contributed by atoms with Crippen molar-refractivity contribution in [3.05, 3.63) is 70.2 Å². The van der Waals surface area contributed by atoms with Crippen LogP contribution in [0.1, 0.15) is 18.6 Å². The average Bonchev–Trinajstić information content (AvgIpc) is 3.55. The number of furan rings is 1. The van der Waals surface area contributed by atoms with Crippen molar-refractivity contribution in [1.82, 2.24) is 14.9 Å². The Balaban J connectivity index is 1.39. The molecule has 1 N–H and O–H groups in total. The lowest BCUT2D eigenvalue weighted by molar-refractivity contribution is -0.125. The van der Waals surface area contributed by atoms with Gasteiger partial charge in [0, 0.05) is 25.1 Å². The van der Waals surface area contributed by atoms with E-state index in [1.807, 2.05) is 41.8 Å². The second-order valence-corrected chi connectivity index (χ2v) is 8.86. The molecule has 1 amide bonds. The van der Waals surface area contributed by atoms with Crippen molar-refractivity contribution in [3.63, 3.8) is 0 Å². The maximum Gasteiger partial charge on any atom is 0.277 e. The van der Waals surface area contributed by atoms with Crippen LogP contribution in [0.15, 0.2) is 63.3 Å². The molecule has 0 saturated carbocycles. The van der Waals surface area contributed by atoms with E-state index in [-0.39, 0.29) is 17.4 Å². The fourth-order valence-electron chi connectivity index (χ4n) is 4.17. The van der Waals surface area contributed by atoms with Gasteiger partial charge in [0.05, 0.1) is 31.1 Å². The van der Waals surface area contributed by atoms with Gasteiger partial charge in [-0.2, -0.15) is 0 Å². The first kappa shape index (κ1) is 21.3. The van der Waals surface area contributed by atoms with E-state index in [1.54, 1.807) is 24.0 Å². The van der Waals surface area contributed by atoms with Gasteiger partial charge in [-0.15, -0.1) is 11.3 Å². The van der Waals surface area contributed by atoms with Crippen LogP contribution < -0.4 is 20.5 Å². The molecule has 0 aliphatic carbocycles. The zero-order chi connectivity index (χ0) is 22.8. The molecule has 0 bridgehead atoms. The average molecular weight is 465 g/mol. The van der Waals surface area contributed by atoms with E-state index in [0.29, 0.717) is 60.1 Å². The Kier molecular flexibility index (Phi) is 5.87. The molecule has 4 heterocycles. The lowest BCUT2D eigenvalue weighted by Crippen LogP contribution is -2.42. The zero-order valence-electron chi connectivity index (χ0n) is 18.2. The molecule has 1 aliphatic heterocycles. The number of anilines is 1. The molecule has 1 fully saturated rings. The molecule has 0 atom stereocenters. The molecule has 0 radical (unpaired) electrons. The van der Waals surface area contributed by atoms with E-state index in [4.69, 9.17) is 14.1 Å². The summed E-state index contributed by atoms with van der Waals surface area (Å²) < 4.78 is 12.9. The fraction of sp³-hybridized carbons (Fsp3) is 0.292.